The van der Waals surface area contributed by atoms with Crippen LogP contribution in [0.4, 0.5) is 14.9 Å². The Morgan fingerprint density at radius 3 is 2.41 bits per heavy atom. The summed E-state index contributed by atoms with van der Waals surface area (Å²) in [6, 6.07) is 14.8. The minimum atomic E-state index is -0.320. The van der Waals surface area contributed by atoms with Gasteiger partial charge in [0, 0.05) is 24.7 Å². The first kappa shape index (κ1) is 20.6. The van der Waals surface area contributed by atoms with Crippen molar-refractivity contribution in [1.29, 1.82) is 0 Å². The van der Waals surface area contributed by atoms with Gasteiger partial charge in [0.15, 0.2) is 0 Å². The highest BCUT2D eigenvalue weighted by atomic mass is 19.1. The molecule has 1 aliphatic rings. The fourth-order valence-electron chi connectivity index (χ4n) is 3.21. The first-order valence-corrected chi connectivity index (χ1v) is 9.81. The Labute approximate surface area is 170 Å². The lowest BCUT2D eigenvalue weighted by Crippen LogP contribution is -2.49. The molecule has 3 rings (SSSR count). The van der Waals surface area contributed by atoms with Crippen LogP contribution in [0, 0.1) is 11.7 Å². The second-order valence-corrected chi connectivity index (χ2v) is 7.23. The highest BCUT2D eigenvalue weighted by Crippen LogP contribution is 2.19. The average molecular weight is 399 g/mol. The molecule has 1 unspecified atom stereocenters. The van der Waals surface area contributed by atoms with Crippen LogP contribution in [0.5, 0.6) is 5.75 Å². The summed E-state index contributed by atoms with van der Waals surface area (Å²) in [6.45, 7) is 3.20. The smallest absolute Gasteiger partial charge is 0.317 e. The lowest BCUT2D eigenvalue weighted by molar-refractivity contribution is -0.121. The monoisotopic (exact) mass is 399 g/mol. The van der Waals surface area contributed by atoms with Gasteiger partial charge in [0.1, 0.15) is 18.2 Å². The van der Waals surface area contributed by atoms with Gasteiger partial charge in [-0.3, -0.25) is 4.79 Å². The zero-order valence-electron chi connectivity index (χ0n) is 16.4. The number of nitrogens with one attached hydrogen (secondary N) is 2. The molecule has 0 bridgehead atoms. The number of hydrogen-bond acceptors (Lipinski definition) is 3. The van der Waals surface area contributed by atoms with Crippen molar-refractivity contribution in [3.8, 4) is 5.75 Å². The van der Waals surface area contributed by atoms with Crippen molar-refractivity contribution in [3.05, 3.63) is 60.4 Å². The summed E-state index contributed by atoms with van der Waals surface area (Å²) in [5, 5.41) is 5.83. The third-order valence-electron chi connectivity index (χ3n) is 4.88. The normalized spacial score (nSPS) is 15.4. The summed E-state index contributed by atoms with van der Waals surface area (Å²) in [4.78, 5) is 26.6. The van der Waals surface area contributed by atoms with E-state index < -0.39 is 0 Å². The van der Waals surface area contributed by atoms with Gasteiger partial charge < -0.3 is 20.3 Å². The number of ether oxygens (including phenoxy) is 1. The van der Waals surface area contributed by atoms with Gasteiger partial charge in [-0.25, -0.2) is 9.18 Å². The van der Waals surface area contributed by atoms with Crippen molar-refractivity contribution in [1.82, 2.24) is 10.2 Å². The number of urea groups is 1. The molecule has 2 N–H and O–H groups in total. The molecule has 7 heteroatoms. The molecule has 6 nitrogen and oxygen atoms in total. The largest absolute Gasteiger partial charge is 0.491 e. The van der Waals surface area contributed by atoms with E-state index in [1.54, 1.807) is 17.0 Å². The number of halogens is 1. The van der Waals surface area contributed by atoms with Crippen LogP contribution >= 0.6 is 0 Å². The molecule has 0 aromatic heterocycles. The number of piperidine rings is 1. The number of hydrogen-bond donors (Lipinski definition) is 2. The molecule has 0 radical (unpaired) electrons. The Morgan fingerprint density at radius 1 is 1.10 bits per heavy atom. The van der Waals surface area contributed by atoms with E-state index in [9.17, 15) is 14.0 Å². The Bertz CT molecular complexity index is 806. The van der Waals surface area contributed by atoms with Crippen LogP contribution in [0.15, 0.2) is 54.6 Å². The summed E-state index contributed by atoms with van der Waals surface area (Å²) in [7, 11) is 0. The first-order valence-electron chi connectivity index (χ1n) is 9.81. The van der Waals surface area contributed by atoms with Crippen molar-refractivity contribution in [2.45, 2.75) is 25.8 Å². The molecule has 0 aliphatic carbocycles. The summed E-state index contributed by atoms with van der Waals surface area (Å²) in [5.74, 6) is 0.133. The fourth-order valence-corrected chi connectivity index (χ4v) is 3.21. The van der Waals surface area contributed by atoms with Gasteiger partial charge >= 0.3 is 6.03 Å². The molecule has 1 fully saturated rings. The number of amides is 3. The van der Waals surface area contributed by atoms with Crippen LogP contribution in [-0.2, 0) is 4.79 Å². The van der Waals surface area contributed by atoms with E-state index in [1.807, 2.05) is 37.3 Å². The number of anilines is 1. The fraction of sp³-hybridized carbons (Fsp3) is 0.364. The summed E-state index contributed by atoms with van der Waals surface area (Å²) in [5.41, 5.74) is 0.785. The molecule has 0 saturated carbocycles. The average Bonchev–Trinajstić information content (AvgIpc) is 2.74. The Balaban J connectivity index is 1.38. The maximum absolute atomic E-state index is 12.9. The second kappa shape index (κ2) is 9.91. The van der Waals surface area contributed by atoms with Gasteiger partial charge in [0.05, 0.1) is 6.04 Å². The predicted molar refractivity (Wildman–Crippen MR) is 109 cm³/mol. The van der Waals surface area contributed by atoms with Crippen LogP contribution < -0.4 is 15.4 Å². The molecule has 1 saturated heterocycles. The lowest BCUT2D eigenvalue weighted by Gasteiger charge is -2.32. The standard InChI is InChI=1S/C22H26FN3O3/c1-16(15-29-20-9-7-18(23)8-10-20)24-22(28)26-13-11-17(12-14-26)21(27)25-19-5-3-2-4-6-19/h2-10,16-17H,11-15H2,1H3,(H,24,28)(H,25,27). The minimum absolute atomic E-state index is 0.00248. The van der Waals surface area contributed by atoms with Crippen molar-refractivity contribution in [3.63, 3.8) is 0 Å². The Hall–Kier alpha value is -3.09. The third kappa shape index (κ3) is 6.20. The van der Waals surface area contributed by atoms with Crippen LogP contribution in [0.25, 0.3) is 0 Å². The van der Waals surface area contributed by atoms with Crippen LogP contribution in [-0.4, -0.2) is 42.6 Å². The predicted octanol–water partition coefficient (Wildman–Crippen LogP) is 3.65. The molecule has 29 heavy (non-hydrogen) atoms. The maximum Gasteiger partial charge on any atom is 0.317 e. The molecule has 1 atom stereocenters. The topological polar surface area (TPSA) is 70.7 Å². The summed E-state index contributed by atoms with van der Waals surface area (Å²) < 4.78 is 18.5. The zero-order chi connectivity index (χ0) is 20.6. The molecular formula is C22H26FN3O3. The highest BCUT2D eigenvalue weighted by molar-refractivity contribution is 5.92. The molecule has 1 aliphatic heterocycles. The van der Waals surface area contributed by atoms with E-state index >= 15 is 0 Å². The molecule has 0 spiro atoms. The lowest BCUT2D eigenvalue weighted by atomic mass is 9.96. The van der Waals surface area contributed by atoms with Crippen LogP contribution in [0.3, 0.4) is 0 Å². The van der Waals surface area contributed by atoms with Gasteiger partial charge in [0.2, 0.25) is 5.91 Å². The van der Waals surface area contributed by atoms with Crippen LogP contribution in [0.2, 0.25) is 0 Å². The molecule has 154 valence electrons. The minimum Gasteiger partial charge on any atom is -0.491 e. The second-order valence-electron chi connectivity index (χ2n) is 7.23. The van der Waals surface area contributed by atoms with Crippen molar-refractivity contribution >= 4 is 17.6 Å². The Morgan fingerprint density at radius 2 is 1.76 bits per heavy atom. The number of nitrogens with zero attached hydrogens (tertiary/aromatic N) is 1. The van der Waals surface area contributed by atoms with E-state index in [0.717, 1.165) is 5.69 Å². The van der Waals surface area contributed by atoms with Gasteiger partial charge in [0.25, 0.3) is 0 Å². The van der Waals surface area contributed by atoms with Gasteiger partial charge in [-0.2, -0.15) is 0 Å². The molecule has 2 aromatic rings. The quantitative estimate of drug-likeness (QED) is 0.779. The summed E-state index contributed by atoms with van der Waals surface area (Å²) >= 11 is 0. The number of para-hydroxylation sites is 1. The third-order valence-corrected chi connectivity index (χ3v) is 4.88. The number of rotatable bonds is 6. The number of carbonyl (C=O) groups is 2. The van der Waals surface area contributed by atoms with Crippen molar-refractivity contribution in [2.24, 2.45) is 5.92 Å². The SMILES string of the molecule is CC(COc1ccc(F)cc1)NC(=O)N1CCC(C(=O)Nc2ccccc2)CC1. The van der Waals surface area contributed by atoms with Gasteiger partial charge in [-0.1, -0.05) is 18.2 Å². The van der Waals surface area contributed by atoms with Crippen molar-refractivity contribution in [2.75, 3.05) is 25.0 Å². The van der Waals surface area contributed by atoms with Crippen molar-refractivity contribution < 1.29 is 18.7 Å². The molecule has 1 heterocycles. The number of benzene rings is 2. The van der Waals surface area contributed by atoms with Crippen LogP contribution in [0.1, 0.15) is 19.8 Å². The highest BCUT2D eigenvalue weighted by Gasteiger charge is 2.27. The number of carbonyl (C=O) groups excluding carboxylic acids is 2. The first-order chi connectivity index (χ1) is 14.0. The summed E-state index contributed by atoms with van der Waals surface area (Å²) in [6.07, 6.45) is 1.26. The Kier molecular flexibility index (Phi) is 7.05. The van der Waals surface area contributed by atoms with E-state index in [4.69, 9.17) is 4.74 Å². The molecular weight excluding hydrogens is 373 g/mol. The van der Waals surface area contributed by atoms with Gasteiger partial charge in [-0.05, 0) is 56.2 Å². The van der Waals surface area contributed by atoms with E-state index in [0.29, 0.717) is 31.7 Å². The molecule has 2 aromatic carbocycles. The maximum atomic E-state index is 12.9. The van der Waals surface area contributed by atoms with E-state index in [2.05, 4.69) is 10.6 Å². The number of likely N-dealkylation sites (tertiary alicyclic amines) is 1. The molecule has 3 amide bonds. The van der Waals surface area contributed by atoms with E-state index in [1.165, 1.54) is 12.1 Å². The van der Waals surface area contributed by atoms with E-state index in [-0.39, 0.29) is 36.3 Å². The van der Waals surface area contributed by atoms with Gasteiger partial charge in [-0.15, -0.1) is 0 Å². The zero-order valence-corrected chi connectivity index (χ0v) is 16.4.